The Morgan fingerprint density at radius 1 is 1.47 bits per heavy atom. The molecule has 0 amide bonds. The van der Waals surface area contributed by atoms with Gasteiger partial charge in [0.25, 0.3) is 0 Å². The fourth-order valence-electron chi connectivity index (χ4n) is 1.71. The Labute approximate surface area is 114 Å². The number of aliphatic hydroxyl groups is 1. The van der Waals surface area contributed by atoms with Crippen LogP contribution in [0, 0.1) is 6.92 Å². The first-order valence-electron chi connectivity index (χ1n) is 6.39. The summed E-state index contributed by atoms with van der Waals surface area (Å²) in [5.41, 5.74) is 8.17. The highest BCUT2D eigenvalue weighted by Crippen LogP contribution is 2.14. The molecule has 5 nitrogen and oxygen atoms in total. The summed E-state index contributed by atoms with van der Waals surface area (Å²) in [7, 11) is 0. The molecule has 0 aromatic heterocycles. The summed E-state index contributed by atoms with van der Waals surface area (Å²) >= 11 is 0. The molecule has 0 bridgehead atoms. The van der Waals surface area contributed by atoms with Crippen molar-refractivity contribution in [3.8, 4) is 0 Å². The molecule has 106 valence electrons. The van der Waals surface area contributed by atoms with Crippen LogP contribution in [0.4, 0.5) is 0 Å². The fraction of sp³-hybridized carbons (Fsp3) is 0.500. The molecule has 0 heterocycles. The van der Waals surface area contributed by atoms with Crippen molar-refractivity contribution in [3.63, 3.8) is 0 Å². The highest BCUT2D eigenvalue weighted by Gasteiger charge is 2.19. The first kappa shape index (κ1) is 15.5. The van der Waals surface area contributed by atoms with E-state index in [9.17, 15) is 5.11 Å². The topological polar surface area (TPSA) is 90.9 Å². The van der Waals surface area contributed by atoms with Gasteiger partial charge in [-0.15, -0.1) is 0 Å². The first-order chi connectivity index (χ1) is 8.95. The molecule has 5 N–H and O–H groups in total. The summed E-state index contributed by atoms with van der Waals surface area (Å²) in [4.78, 5) is 0. The molecule has 0 radical (unpaired) electrons. The minimum absolute atomic E-state index is 0.102. The lowest BCUT2D eigenvalue weighted by atomic mass is 9.98. The second kappa shape index (κ2) is 6.54. The summed E-state index contributed by atoms with van der Waals surface area (Å²) in [6.45, 7) is 6.79. The second-order valence-corrected chi connectivity index (χ2v) is 5.05. The first-order valence-corrected chi connectivity index (χ1v) is 6.39. The minimum atomic E-state index is -0.267. The average molecular weight is 265 g/mol. The van der Waals surface area contributed by atoms with E-state index in [1.54, 1.807) is 0 Å². The molecule has 0 saturated heterocycles. The molecular weight excluding hydrogens is 242 g/mol. The van der Waals surface area contributed by atoms with Gasteiger partial charge >= 0.3 is 0 Å². The maximum absolute atomic E-state index is 9.36. The van der Waals surface area contributed by atoms with Gasteiger partial charge in [0.1, 0.15) is 0 Å². The van der Waals surface area contributed by atoms with Crippen LogP contribution in [0.1, 0.15) is 37.0 Å². The zero-order valence-electron chi connectivity index (χ0n) is 11.8. The molecular formula is C14H23N3O2. The van der Waals surface area contributed by atoms with E-state index in [0.717, 1.165) is 17.5 Å². The molecule has 0 aliphatic rings. The number of nitrogens with one attached hydrogen (secondary N) is 1. The third-order valence-electron chi connectivity index (χ3n) is 3.58. The van der Waals surface area contributed by atoms with Crippen LogP contribution < -0.4 is 11.1 Å². The highest BCUT2D eigenvalue weighted by molar-refractivity contribution is 5.97. The van der Waals surface area contributed by atoms with Gasteiger partial charge in [-0.1, -0.05) is 24.2 Å². The van der Waals surface area contributed by atoms with Gasteiger partial charge in [0, 0.05) is 17.6 Å². The van der Waals surface area contributed by atoms with Gasteiger partial charge in [-0.3, -0.25) is 0 Å². The second-order valence-electron chi connectivity index (χ2n) is 5.05. The Morgan fingerprint density at radius 3 is 2.63 bits per heavy atom. The van der Waals surface area contributed by atoms with Crippen molar-refractivity contribution in [2.75, 3.05) is 6.61 Å². The molecule has 0 aliphatic carbocycles. The van der Waals surface area contributed by atoms with E-state index >= 15 is 0 Å². The smallest absolute Gasteiger partial charge is 0.170 e. The van der Waals surface area contributed by atoms with Crippen molar-refractivity contribution in [2.45, 2.75) is 39.3 Å². The van der Waals surface area contributed by atoms with E-state index in [1.165, 1.54) is 0 Å². The number of hydrogen-bond donors (Lipinski definition) is 4. The molecule has 0 saturated carbocycles. The zero-order valence-corrected chi connectivity index (χ0v) is 11.8. The van der Waals surface area contributed by atoms with Crippen LogP contribution in [0.15, 0.2) is 23.4 Å². The number of hydrogen-bond acceptors (Lipinski definition) is 4. The largest absolute Gasteiger partial charge is 0.409 e. The fourth-order valence-corrected chi connectivity index (χ4v) is 1.71. The summed E-state index contributed by atoms with van der Waals surface area (Å²) in [6, 6.07) is 5.65. The Balaban J connectivity index is 2.81. The number of nitrogens with two attached hydrogens (primary N) is 1. The Hall–Kier alpha value is -1.59. The maximum Gasteiger partial charge on any atom is 0.170 e. The highest BCUT2D eigenvalue weighted by atomic mass is 16.4. The summed E-state index contributed by atoms with van der Waals surface area (Å²) in [6.07, 6.45) is 0.852. The lowest BCUT2D eigenvalue weighted by Gasteiger charge is -2.27. The molecule has 5 heteroatoms. The zero-order chi connectivity index (χ0) is 14.5. The van der Waals surface area contributed by atoms with E-state index in [-0.39, 0.29) is 18.0 Å². The molecule has 0 spiro atoms. The van der Waals surface area contributed by atoms with E-state index in [2.05, 4.69) is 10.5 Å². The number of nitrogens with zero attached hydrogens (tertiary/aromatic N) is 1. The number of aliphatic hydroxyl groups excluding tert-OH is 1. The van der Waals surface area contributed by atoms with Crippen LogP contribution in [0.5, 0.6) is 0 Å². The predicted molar refractivity (Wildman–Crippen MR) is 76.3 cm³/mol. The summed E-state index contributed by atoms with van der Waals surface area (Å²) in [5.74, 6) is 0.108. The van der Waals surface area contributed by atoms with Crippen LogP contribution >= 0.6 is 0 Å². The molecule has 1 unspecified atom stereocenters. The van der Waals surface area contributed by atoms with Crippen molar-refractivity contribution >= 4 is 5.84 Å². The molecule has 1 aromatic carbocycles. The molecule has 0 aliphatic heterocycles. The quantitative estimate of drug-likeness (QED) is 0.270. The SMILES string of the molecule is CCC(C)(CO)NCc1ccc(/C(N)=N/O)cc1C. The van der Waals surface area contributed by atoms with Gasteiger partial charge in [-0.25, -0.2) is 0 Å². The number of oxime groups is 1. The number of aryl methyl sites for hydroxylation is 1. The van der Waals surface area contributed by atoms with Crippen molar-refractivity contribution in [3.05, 3.63) is 34.9 Å². The minimum Gasteiger partial charge on any atom is -0.409 e. The number of amidine groups is 1. The third-order valence-corrected chi connectivity index (χ3v) is 3.58. The van der Waals surface area contributed by atoms with Gasteiger partial charge in [0.15, 0.2) is 5.84 Å². The molecule has 1 rings (SSSR count). The van der Waals surface area contributed by atoms with Gasteiger partial charge in [-0.05, 0) is 37.5 Å². The third kappa shape index (κ3) is 3.94. The molecule has 19 heavy (non-hydrogen) atoms. The van der Waals surface area contributed by atoms with Crippen LogP contribution in [0.3, 0.4) is 0 Å². The summed E-state index contributed by atoms with van der Waals surface area (Å²) in [5, 5.41) is 24.3. The maximum atomic E-state index is 9.36. The Kier molecular flexibility index (Phi) is 5.32. The van der Waals surface area contributed by atoms with Crippen molar-refractivity contribution in [1.29, 1.82) is 0 Å². The van der Waals surface area contributed by atoms with E-state index < -0.39 is 0 Å². The normalized spacial score (nSPS) is 15.3. The monoisotopic (exact) mass is 265 g/mol. The molecule has 1 aromatic rings. The van der Waals surface area contributed by atoms with Crippen LogP contribution in [0.25, 0.3) is 0 Å². The van der Waals surface area contributed by atoms with Gasteiger partial charge in [0.2, 0.25) is 0 Å². The lowest BCUT2D eigenvalue weighted by molar-refractivity contribution is 0.169. The molecule has 0 fully saturated rings. The van der Waals surface area contributed by atoms with Crippen molar-refractivity contribution in [1.82, 2.24) is 5.32 Å². The van der Waals surface area contributed by atoms with E-state index in [0.29, 0.717) is 12.1 Å². The predicted octanol–water partition coefficient (Wildman–Crippen LogP) is 1.34. The van der Waals surface area contributed by atoms with Gasteiger partial charge in [0.05, 0.1) is 6.61 Å². The lowest BCUT2D eigenvalue weighted by Crippen LogP contribution is -2.44. The standard InChI is InChI=1S/C14H23N3O2/c1-4-14(3,9-18)16-8-12-6-5-11(7-10(12)2)13(15)17-19/h5-7,16,18-19H,4,8-9H2,1-3H3,(H2,15,17). The van der Waals surface area contributed by atoms with Gasteiger partial charge < -0.3 is 21.4 Å². The van der Waals surface area contributed by atoms with E-state index in [1.807, 2.05) is 39.0 Å². The molecule has 1 atom stereocenters. The van der Waals surface area contributed by atoms with Crippen molar-refractivity contribution < 1.29 is 10.3 Å². The van der Waals surface area contributed by atoms with Crippen LogP contribution in [-0.4, -0.2) is 28.3 Å². The Bertz CT molecular complexity index is 454. The van der Waals surface area contributed by atoms with Crippen LogP contribution in [-0.2, 0) is 6.54 Å². The summed E-state index contributed by atoms with van der Waals surface area (Å²) < 4.78 is 0. The van der Waals surface area contributed by atoms with Crippen LogP contribution in [0.2, 0.25) is 0 Å². The Morgan fingerprint density at radius 2 is 2.16 bits per heavy atom. The number of rotatable bonds is 6. The van der Waals surface area contributed by atoms with Crippen molar-refractivity contribution in [2.24, 2.45) is 10.9 Å². The van der Waals surface area contributed by atoms with Gasteiger partial charge in [-0.2, -0.15) is 0 Å². The van der Waals surface area contributed by atoms with E-state index in [4.69, 9.17) is 10.9 Å². The average Bonchev–Trinajstić information content (AvgIpc) is 2.44. The number of benzene rings is 1.